The van der Waals surface area contributed by atoms with E-state index in [0.29, 0.717) is 13.2 Å². The molecule has 2 unspecified atom stereocenters. The van der Waals surface area contributed by atoms with Crippen LogP contribution in [-0.2, 0) is 20.9 Å². The van der Waals surface area contributed by atoms with Crippen LogP contribution in [0.4, 0.5) is 4.79 Å². The van der Waals surface area contributed by atoms with Gasteiger partial charge in [-0.05, 0) is 31.7 Å². The van der Waals surface area contributed by atoms with Crippen molar-refractivity contribution in [2.24, 2.45) is 5.92 Å². The maximum Gasteiger partial charge on any atom is 0.410 e. The van der Waals surface area contributed by atoms with Gasteiger partial charge < -0.3 is 14.4 Å². The Bertz CT molecular complexity index is 517. The van der Waals surface area contributed by atoms with Gasteiger partial charge in [-0.3, -0.25) is 4.79 Å². The summed E-state index contributed by atoms with van der Waals surface area (Å²) in [5, 5.41) is 0. The topological polar surface area (TPSA) is 55.8 Å². The summed E-state index contributed by atoms with van der Waals surface area (Å²) in [6.45, 7) is 4.83. The molecule has 0 spiro atoms. The molecule has 0 aliphatic carbocycles. The lowest BCUT2D eigenvalue weighted by molar-refractivity contribution is -0.150. The third-order valence-corrected chi connectivity index (χ3v) is 4.24. The lowest BCUT2D eigenvalue weighted by atomic mass is 9.92. The van der Waals surface area contributed by atoms with Crippen LogP contribution in [0.3, 0.4) is 0 Å². The summed E-state index contributed by atoms with van der Waals surface area (Å²) in [7, 11) is 0. The second-order valence-electron chi connectivity index (χ2n) is 5.78. The molecule has 23 heavy (non-hydrogen) atoms. The molecule has 0 N–H and O–H groups in total. The van der Waals surface area contributed by atoms with Gasteiger partial charge in [-0.2, -0.15) is 0 Å². The summed E-state index contributed by atoms with van der Waals surface area (Å²) in [4.78, 5) is 26.0. The van der Waals surface area contributed by atoms with Crippen LogP contribution >= 0.6 is 0 Å². The highest BCUT2D eigenvalue weighted by Crippen LogP contribution is 2.26. The van der Waals surface area contributed by atoms with E-state index in [9.17, 15) is 9.59 Å². The van der Waals surface area contributed by atoms with Gasteiger partial charge in [-0.25, -0.2) is 4.79 Å². The monoisotopic (exact) mass is 319 g/mol. The molecule has 1 saturated heterocycles. The molecule has 1 fully saturated rings. The molecular formula is C18H25NO4. The minimum absolute atomic E-state index is 0.129. The van der Waals surface area contributed by atoms with Crippen LogP contribution in [0.5, 0.6) is 0 Å². The zero-order valence-corrected chi connectivity index (χ0v) is 13.9. The van der Waals surface area contributed by atoms with E-state index >= 15 is 0 Å². The summed E-state index contributed by atoms with van der Waals surface area (Å²) in [6.07, 6.45) is 2.07. The normalized spacial score (nSPS) is 20.9. The Hall–Kier alpha value is -2.04. The predicted molar refractivity (Wildman–Crippen MR) is 86.8 cm³/mol. The summed E-state index contributed by atoms with van der Waals surface area (Å²) < 4.78 is 10.5. The van der Waals surface area contributed by atoms with Crippen molar-refractivity contribution in [2.45, 2.75) is 45.8 Å². The number of carbonyl (C=O) groups is 2. The van der Waals surface area contributed by atoms with Gasteiger partial charge in [0.25, 0.3) is 0 Å². The zero-order chi connectivity index (χ0) is 16.7. The van der Waals surface area contributed by atoms with Gasteiger partial charge in [0.1, 0.15) is 6.61 Å². The van der Waals surface area contributed by atoms with E-state index < -0.39 is 0 Å². The Morgan fingerprint density at radius 2 is 1.87 bits per heavy atom. The number of ether oxygens (including phenoxy) is 2. The first-order valence-electron chi connectivity index (χ1n) is 8.29. The van der Waals surface area contributed by atoms with Crippen molar-refractivity contribution in [2.75, 3.05) is 13.2 Å². The summed E-state index contributed by atoms with van der Waals surface area (Å²) in [5.74, 6) is -0.468. The van der Waals surface area contributed by atoms with Crippen molar-refractivity contribution in [1.82, 2.24) is 4.90 Å². The Balaban J connectivity index is 1.95. The smallest absolute Gasteiger partial charge is 0.410 e. The summed E-state index contributed by atoms with van der Waals surface area (Å²) in [5.41, 5.74) is 0.952. The maximum absolute atomic E-state index is 12.4. The first-order chi connectivity index (χ1) is 11.2. The Morgan fingerprint density at radius 3 is 2.52 bits per heavy atom. The van der Waals surface area contributed by atoms with E-state index in [1.807, 2.05) is 37.3 Å². The predicted octanol–water partition coefficient (Wildman–Crippen LogP) is 3.38. The second kappa shape index (κ2) is 8.56. The van der Waals surface area contributed by atoms with E-state index in [4.69, 9.17) is 9.47 Å². The Morgan fingerprint density at radius 1 is 1.13 bits per heavy atom. The number of piperidine rings is 1. The Kier molecular flexibility index (Phi) is 6.44. The number of hydrogen-bond acceptors (Lipinski definition) is 4. The van der Waals surface area contributed by atoms with Crippen LogP contribution < -0.4 is 0 Å². The van der Waals surface area contributed by atoms with Gasteiger partial charge in [0.15, 0.2) is 0 Å². The van der Waals surface area contributed by atoms with Gasteiger partial charge in [0.05, 0.1) is 12.5 Å². The molecule has 2 atom stereocenters. The fraction of sp³-hybridized carbons (Fsp3) is 0.556. The molecule has 0 saturated carbocycles. The van der Waals surface area contributed by atoms with Crippen LogP contribution in [-0.4, -0.2) is 36.2 Å². The largest absolute Gasteiger partial charge is 0.466 e. The number of benzene rings is 1. The second-order valence-corrected chi connectivity index (χ2v) is 5.78. The average Bonchev–Trinajstić information content (AvgIpc) is 2.60. The van der Waals surface area contributed by atoms with Gasteiger partial charge in [0.2, 0.25) is 0 Å². The third kappa shape index (κ3) is 4.71. The molecule has 1 aromatic carbocycles. The van der Waals surface area contributed by atoms with Crippen LogP contribution in [0.2, 0.25) is 0 Å². The molecule has 1 aliphatic heterocycles. The molecule has 1 aromatic rings. The Labute approximate surface area is 137 Å². The number of rotatable bonds is 5. The number of likely N-dealkylation sites (tertiary alicyclic amines) is 1. The molecule has 1 heterocycles. The van der Waals surface area contributed by atoms with Crippen molar-refractivity contribution in [1.29, 1.82) is 0 Å². The molecular weight excluding hydrogens is 294 g/mol. The van der Waals surface area contributed by atoms with Crippen molar-refractivity contribution in [3.63, 3.8) is 0 Å². The first kappa shape index (κ1) is 17.3. The van der Waals surface area contributed by atoms with E-state index in [-0.39, 0.29) is 30.6 Å². The van der Waals surface area contributed by atoms with Crippen molar-refractivity contribution in [3.05, 3.63) is 35.9 Å². The van der Waals surface area contributed by atoms with Crippen LogP contribution in [0.1, 0.15) is 38.7 Å². The van der Waals surface area contributed by atoms with Gasteiger partial charge in [-0.15, -0.1) is 0 Å². The number of hydrogen-bond donors (Lipinski definition) is 0. The standard InChI is InChI=1S/C18H25NO4/c1-3-16-11-10-15(17(20)22-4-2)12-19(16)18(21)23-13-14-8-6-5-7-9-14/h5-9,15-16H,3-4,10-13H2,1-2H3. The molecule has 0 radical (unpaired) electrons. The fourth-order valence-electron chi connectivity index (χ4n) is 2.93. The van der Waals surface area contributed by atoms with Crippen LogP contribution in [0.15, 0.2) is 30.3 Å². The summed E-state index contributed by atoms with van der Waals surface area (Å²) >= 11 is 0. The molecule has 5 heteroatoms. The van der Waals surface area contributed by atoms with Gasteiger partial charge in [0, 0.05) is 12.6 Å². The first-order valence-corrected chi connectivity index (χ1v) is 8.29. The molecule has 2 rings (SSSR count). The SMILES string of the molecule is CCOC(=O)C1CCC(CC)N(C(=O)OCc2ccccc2)C1. The quantitative estimate of drug-likeness (QED) is 0.781. The minimum atomic E-state index is -0.352. The third-order valence-electron chi connectivity index (χ3n) is 4.24. The van der Waals surface area contributed by atoms with E-state index in [1.165, 1.54) is 0 Å². The highest BCUT2D eigenvalue weighted by molar-refractivity contribution is 5.75. The van der Waals surface area contributed by atoms with Crippen molar-refractivity contribution >= 4 is 12.1 Å². The number of esters is 1. The van der Waals surface area contributed by atoms with E-state index in [0.717, 1.165) is 24.8 Å². The van der Waals surface area contributed by atoms with Gasteiger partial charge in [-0.1, -0.05) is 37.3 Å². The number of amides is 1. The summed E-state index contributed by atoms with van der Waals surface area (Å²) in [6, 6.07) is 9.71. The molecule has 1 aliphatic rings. The lowest BCUT2D eigenvalue weighted by Gasteiger charge is -2.37. The highest BCUT2D eigenvalue weighted by atomic mass is 16.6. The lowest BCUT2D eigenvalue weighted by Crippen LogP contribution is -2.48. The van der Waals surface area contributed by atoms with E-state index in [2.05, 4.69) is 0 Å². The van der Waals surface area contributed by atoms with Crippen molar-refractivity contribution < 1.29 is 19.1 Å². The van der Waals surface area contributed by atoms with Crippen LogP contribution in [0, 0.1) is 5.92 Å². The van der Waals surface area contributed by atoms with E-state index in [1.54, 1.807) is 11.8 Å². The molecule has 5 nitrogen and oxygen atoms in total. The molecule has 1 amide bonds. The minimum Gasteiger partial charge on any atom is -0.466 e. The number of carbonyl (C=O) groups excluding carboxylic acids is 2. The highest BCUT2D eigenvalue weighted by Gasteiger charge is 2.35. The fourth-order valence-corrected chi connectivity index (χ4v) is 2.93. The average molecular weight is 319 g/mol. The van der Waals surface area contributed by atoms with Crippen LogP contribution in [0.25, 0.3) is 0 Å². The van der Waals surface area contributed by atoms with Crippen molar-refractivity contribution in [3.8, 4) is 0 Å². The maximum atomic E-state index is 12.4. The molecule has 0 aromatic heterocycles. The number of nitrogens with zero attached hydrogens (tertiary/aromatic N) is 1. The van der Waals surface area contributed by atoms with Gasteiger partial charge >= 0.3 is 12.1 Å². The zero-order valence-electron chi connectivity index (χ0n) is 13.9. The molecule has 126 valence electrons. The molecule has 0 bridgehead atoms.